The zero-order valence-corrected chi connectivity index (χ0v) is 13.6. The molecule has 0 radical (unpaired) electrons. The molecule has 0 aromatic carbocycles. The summed E-state index contributed by atoms with van der Waals surface area (Å²) in [5, 5.41) is 14.0. The van der Waals surface area contributed by atoms with Crippen LogP contribution in [-0.2, 0) is 11.3 Å². The van der Waals surface area contributed by atoms with Gasteiger partial charge in [-0.2, -0.15) is 0 Å². The highest BCUT2D eigenvalue weighted by Crippen LogP contribution is 2.30. The van der Waals surface area contributed by atoms with Crippen LogP contribution >= 0.6 is 27.3 Å². The molecule has 0 atom stereocenters. The van der Waals surface area contributed by atoms with E-state index in [1.54, 1.807) is 18.4 Å². The molecule has 0 aliphatic heterocycles. The standard InChI is InChI=1S/C13H17BrN2O3S/c1-16(7-9-6-10(14)20-8-9)12(19)15-13(11(17)18)4-2-3-5-13/h6,8H,2-5,7H2,1H3,(H,15,19)(H,17,18). The van der Waals surface area contributed by atoms with Gasteiger partial charge in [-0.1, -0.05) is 12.8 Å². The number of hydrogen-bond donors (Lipinski definition) is 2. The first-order chi connectivity index (χ1) is 9.43. The van der Waals surface area contributed by atoms with Crippen LogP contribution in [0.25, 0.3) is 0 Å². The Hall–Kier alpha value is -1.08. The normalized spacial score (nSPS) is 16.9. The van der Waals surface area contributed by atoms with Crippen LogP contribution in [0.4, 0.5) is 4.79 Å². The van der Waals surface area contributed by atoms with Gasteiger partial charge in [0.15, 0.2) is 0 Å². The molecule has 0 unspecified atom stereocenters. The van der Waals surface area contributed by atoms with E-state index in [2.05, 4.69) is 21.2 Å². The van der Waals surface area contributed by atoms with Gasteiger partial charge in [0.25, 0.3) is 0 Å². The number of carbonyl (C=O) groups excluding carboxylic acids is 1. The number of halogens is 1. The Bertz CT molecular complexity index is 511. The van der Waals surface area contributed by atoms with E-state index < -0.39 is 11.5 Å². The molecule has 1 heterocycles. The number of nitrogens with one attached hydrogen (secondary N) is 1. The minimum atomic E-state index is -1.08. The molecule has 0 bridgehead atoms. The number of carbonyl (C=O) groups is 2. The lowest BCUT2D eigenvalue weighted by atomic mass is 9.98. The number of nitrogens with zero attached hydrogens (tertiary/aromatic N) is 1. The van der Waals surface area contributed by atoms with Crippen LogP contribution < -0.4 is 5.32 Å². The van der Waals surface area contributed by atoms with Crippen LogP contribution in [0.1, 0.15) is 31.2 Å². The van der Waals surface area contributed by atoms with Crippen LogP contribution in [0.5, 0.6) is 0 Å². The number of urea groups is 1. The van der Waals surface area contributed by atoms with Gasteiger partial charge in [0.05, 0.1) is 3.79 Å². The van der Waals surface area contributed by atoms with Crippen molar-refractivity contribution in [3.63, 3.8) is 0 Å². The number of thiophene rings is 1. The Morgan fingerprint density at radius 2 is 2.15 bits per heavy atom. The van der Waals surface area contributed by atoms with E-state index in [4.69, 9.17) is 0 Å². The highest BCUT2D eigenvalue weighted by atomic mass is 79.9. The number of amides is 2. The van der Waals surface area contributed by atoms with Crippen molar-refractivity contribution in [2.24, 2.45) is 0 Å². The third kappa shape index (κ3) is 3.32. The zero-order valence-electron chi connectivity index (χ0n) is 11.2. The summed E-state index contributed by atoms with van der Waals surface area (Å²) in [6.07, 6.45) is 2.69. The highest BCUT2D eigenvalue weighted by Gasteiger charge is 2.43. The minimum absolute atomic E-state index is 0.336. The van der Waals surface area contributed by atoms with E-state index in [1.807, 2.05) is 11.4 Å². The van der Waals surface area contributed by atoms with E-state index in [9.17, 15) is 14.7 Å². The third-order valence-corrected chi connectivity index (χ3v) is 5.15. The summed E-state index contributed by atoms with van der Waals surface area (Å²) < 4.78 is 1.01. The minimum Gasteiger partial charge on any atom is -0.480 e. The van der Waals surface area contributed by atoms with Crippen LogP contribution in [0.2, 0.25) is 0 Å². The van der Waals surface area contributed by atoms with Crippen LogP contribution in [0.3, 0.4) is 0 Å². The molecule has 1 aliphatic carbocycles. The van der Waals surface area contributed by atoms with E-state index in [1.165, 1.54) is 4.90 Å². The third-order valence-electron chi connectivity index (χ3n) is 3.60. The molecule has 1 saturated carbocycles. The summed E-state index contributed by atoms with van der Waals surface area (Å²) in [5.41, 5.74) is -0.0593. The van der Waals surface area contributed by atoms with Gasteiger partial charge in [0, 0.05) is 13.6 Å². The summed E-state index contributed by atoms with van der Waals surface area (Å²) >= 11 is 4.94. The number of aliphatic carboxylic acids is 1. The smallest absolute Gasteiger partial charge is 0.329 e. The van der Waals surface area contributed by atoms with Crippen molar-refractivity contribution in [1.29, 1.82) is 0 Å². The largest absolute Gasteiger partial charge is 0.480 e. The Morgan fingerprint density at radius 1 is 1.50 bits per heavy atom. The summed E-state index contributed by atoms with van der Waals surface area (Å²) in [6, 6.07) is 1.62. The maximum absolute atomic E-state index is 12.2. The lowest BCUT2D eigenvalue weighted by Gasteiger charge is -2.28. The average Bonchev–Trinajstić information content (AvgIpc) is 2.99. The van der Waals surface area contributed by atoms with Crippen LogP contribution in [-0.4, -0.2) is 34.6 Å². The van der Waals surface area contributed by atoms with Crippen molar-refractivity contribution in [3.8, 4) is 0 Å². The van der Waals surface area contributed by atoms with Gasteiger partial charge in [-0.25, -0.2) is 9.59 Å². The Morgan fingerprint density at radius 3 is 2.65 bits per heavy atom. The van der Waals surface area contributed by atoms with Crippen molar-refractivity contribution >= 4 is 39.3 Å². The second kappa shape index (κ2) is 6.13. The quantitative estimate of drug-likeness (QED) is 0.866. The molecule has 5 nitrogen and oxygen atoms in total. The van der Waals surface area contributed by atoms with E-state index in [0.29, 0.717) is 19.4 Å². The first-order valence-corrected chi connectivity index (χ1v) is 8.10. The fraction of sp³-hybridized carbons (Fsp3) is 0.538. The van der Waals surface area contributed by atoms with Gasteiger partial charge in [0.2, 0.25) is 0 Å². The number of carboxylic acid groups (broad SMARTS) is 1. The van der Waals surface area contributed by atoms with Gasteiger partial charge in [-0.05, 0) is 45.8 Å². The van der Waals surface area contributed by atoms with E-state index >= 15 is 0 Å². The Labute approximate surface area is 130 Å². The molecule has 1 fully saturated rings. The maximum Gasteiger partial charge on any atom is 0.329 e. The maximum atomic E-state index is 12.2. The first kappa shape index (κ1) is 15.3. The highest BCUT2D eigenvalue weighted by molar-refractivity contribution is 9.11. The number of rotatable bonds is 4. The van der Waals surface area contributed by atoms with Crippen molar-refractivity contribution in [3.05, 3.63) is 20.8 Å². The van der Waals surface area contributed by atoms with Crippen molar-refractivity contribution in [2.45, 2.75) is 37.8 Å². The van der Waals surface area contributed by atoms with Gasteiger partial charge in [-0.15, -0.1) is 11.3 Å². The number of carboxylic acids is 1. The lowest BCUT2D eigenvalue weighted by molar-refractivity contribution is -0.144. The molecular formula is C13H17BrN2O3S. The number of hydrogen-bond acceptors (Lipinski definition) is 3. The molecule has 2 N–H and O–H groups in total. The Kier molecular flexibility index (Phi) is 4.70. The molecule has 20 heavy (non-hydrogen) atoms. The predicted molar refractivity (Wildman–Crippen MR) is 80.9 cm³/mol. The molecule has 2 rings (SSSR count). The SMILES string of the molecule is CN(Cc1csc(Br)c1)C(=O)NC1(C(=O)O)CCCC1. The van der Waals surface area contributed by atoms with Gasteiger partial charge >= 0.3 is 12.0 Å². The summed E-state index contributed by atoms with van der Waals surface area (Å²) in [5.74, 6) is -0.935. The average molecular weight is 361 g/mol. The molecule has 1 aromatic heterocycles. The summed E-state index contributed by atoms with van der Waals surface area (Å²) in [7, 11) is 1.67. The molecule has 110 valence electrons. The predicted octanol–water partition coefficient (Wildman–Crippen LogP) is 3.05. The van der Waals surface area contributed by atoms with Gasteiger partial charge < -0.3 is 15.3 Å². The molecule has 0 saturated heterocycles. The molecule has 1 aliphatic rings. The fourth-order valence-corrected chi connectivity index (χ4v) is 3.65. The molecule has 2 amide bonds. The fourth-order valence-electron chi connectivity index (χ4n) is 2.45. The summed E-state index contributed by atoms with van der Waals surface area (Å²) in [4.78, 5) is 25.1. The first-order valence-electron chi connectivity index (χ1n) is 6.42. The van der Waals surface area contributed by atoms with E-state index in [0.717, 1.165) is 22.2 Å². The summed E-state index contributed by atoms with van der Waals surface area (Å²) in [6.45, 7) is 0.462. The van der Waals surface area contributed by atoms with Crippen LogP contribution in [0.15, 0.2) is 15.2 Å². The lowest BCUT2D eigenvalue weighted by Crippen LogP contribution is -2.55. The van der Waals surface area contributed by atoms with Crippen molar-refractivity contribution in [1.82, 2.24) is 10.2 Å². The molecule has 7 heteroatoms. The zero-order chi connectivity index (χ0) is 14.8. The van der Waals surface area contributed by atoms with Gasteiger partial charge in [-0.3, -0.25) is 0 Å². The second-order valence-corrected chi connectivity index (χ2v) is 7.43. The molecule has 1 aromatic rings. The van der Waals surface area contributed by atoms with Crippen molar-refractivity contribution in [2.75, 3.05) is 7.05 Å². The van der Waals surface area contributed by atoms with Gasteiger partial charge in [0.1, 0.15) is 5.54 Å². The molecule has 0 spiro atoms. The molecular weight excluding hydrogens is 344 g/mol. The Balaban J connectivity index is 1.98. The van der Waals surface area contributed by atoms with Crippen molar-refractivity contribution < 1.29 is 14.7 Å². The van der Waals surface area contributed by atoms with E-state index in [-0.39, 0.29) is 6.03 Å². The topological polar surface area (TPSA) is 69.6 Å². The second-order valence-electron chi connectivity index (χ2n) is 5.14. The van der Waals surface area contributed by atoms with Crippen LogP contribution in [0, 0.1) is 0 Å². The monoisotopic (exact) mass is 360 g/mol.